The first-order valence-electron chi connectivity index (χ1n) is 5.13. The lowest BCUT2D eigenvalue weighted by Crippen LogP contribution is -2.46. The van der Waals surface area contributed by atoms with E-state index in [-0.39, 0.29) is 0 Å². The van der Waals surface area contributed by atoms with Gasteiger partial charge in [0.05, 0.1) is 0 Å². The molecule has 0 aromatic heterocycles. The van der Waals surface area contributed by atoms with Gasteiger partial charge in [-0.3, -0.25) is 0 Å². The molecule has 1 saturated heterocycles. The van der Waals surface area contributed by atoms with Crippen molar-refractivity contribution in [2.45, 2.75) is 33.2 Å². The maximum Gasteiger partial charge on any atom is 0.0428 e. The molecule has 1 aromatic carbocycles. The normalized spacial score (nSPS) is 20.9. The molecule has 1 heterocycles. The van der Waals surface area contributed by atoms with Crippen LogP contribution in [0.1, 0.15) is 24.5 Å². The number of nitrogens with zero attached hydrogens (tertiary/aromatic N) is 1. The smallest absolute Gasteiger partial charge is 0.0428 e. The summed E-state index contributed by atoms with van der Waals surface area (Å²) in [5.41, 5.74) is 4.19. The first-order valence-corrected chi connectivity index (χ1v) is 5.92. The molecule has 0 aliphatic carbocycles. The van der Waals surface area contributed by atoms with E-state index in [2.05, 4.69) is 53.7 Å². The molecule has 0 radical (unpaired) electrons. The zero-order chi connectivity index (χ0) is 10.3. The molecule has 2 heteroatoms. The van der Waals surface area contributed by atoms with Gasteiger partial charge >= 0.3 is 0 Å². The summed E-state index contributed by atoms with van der Waals surface area (Å²) in [4.78, 5) is 2.50. The number of halogens is 1. The fourth-order valence-corrected chi connectivity index (χ4v) is 2.89. The van der Waals surface area contributed by atoms with Crippen LogP contribution in [0.4, 0.5) is 5.69 Å². The van der Waals surface area contributed by atoms with E-state index in [0.29, 0.717) is 6.04 Å². The van der Waals surface area contributed by atoms with Crippen molar-refractivity contribution in [3.8, 4) is 0 Å². The Bertz CT molecular complexity index is 336. The average Bonchev–Trinajstić information content (AvgIpc) is 2.08. The van der Waals surface area contributed by atoms with Gasteiger partial charge in [0.2, 0.25) is 0 Å². The van der Waals surface area contributed by atoms with Crippen molar-refractivity contribution in [3.05, 3.63) is 27.7 Å². The van der Waals surface area contributed by atoms with Gasteiger partial charge < -0.3 is 4.90 Å². The van der Waals surface area contributed by atoms with Gasteiger partial charge in [0.1, 0.15) is 0 Å². The molecule has 0 saturated carbocycles. The molecule has 1 fully saturated rings. The molecule has 1 aliphatic heterocycles. The molecule has 2 rings (SSSR count). The maximum absolute atomic E-state index is 3.53. The predicted octanol–water partition coefficient (Wildman–Crippen LogP) is 3.66. The Balaban J connectivity index is 2.42. The summed E-state index contributed by atoms with van der Waals surface area (Å²) in [6, 6.07) is 5.12. The summed E-state index contributed by atoms with van der Waals surface area (Å²) < 4.78 is 1.18. The largest absolute Gasteiger partial charge is 0.368 e. The highest BCUT2D eigenvalue weighted by Crippen LogP contribution is 2.34. The van der Waals surface area contributed by atoms with E-state index in [1.165, 1.54) is 34.3 Å². The van der Waals surface area contributed by atoms with Crippen molar-refractivity contribution in [1.82, 2.24) is 0 Å². The topological polar surface area (TPSA) is 3.24 Å². The number of rotatable bonds is 1. The number of hydrogen-bond donors (Lipinski definition) is 0. The second kappa shape index (κ2) is 3.58. The van der Waals surface area contributed by atoms with Crippen LogP contribution in [-0.4, -0.2) is 12.6 Å². The number of aryl methyl sites for hydroxylation is 2. The molecule has 1 nitrogen and oxygen atoms in total. The summed E-state index contributed by atoms with van der Waals surface area (Å²) >= 11 is 3.53. The standard InChI is InChI=1S/C12H16BrN/c1-8-6-11(13)7-9(2)12(8)14-5-4-10(14)3/h6-7,10H,4-5H2,1-3H3. The summed E-state index contributed by atoms with van der Waals surface area (Å²) in [6.45, 7) is 7.89. The van der Waals surface area contributed by atoms with Gasteiger partial charge in [-0.25, -0.2) is 0 Å². The van der Waals surface area contributed by atoms with Crippen molar-refractivity contribution in [1.29, 1.82) is 0 Å². The van der Waals surface area contributed by atoms with E-state index < -0.39 is 0 Å². The Labute approximate surface area is 94.2 Å². The van der Waals surface area contributed by atoms with Gasteiger partial charge in [0.25, 0.3) is 0 Å². The predicted molar refractivity (Wildman–Crippen MR) is 65.0 cm³/mol. The van der Waals surface area contributed by atoms with Gasteiger partial charge in [-0.15, -0.1) is 0 Å². The molecular formula is C12H16BrN. The SMILES string of the molecule is Cc1cc(Br)cc(C)c1N1CCC1C. The fraction of sp³-hybridized carbons (Fsp3) is 0.500. The highest BCUT2D eigenvalue weighted by Gasteiger charge is 2.26. The van der Waals surface area contributed by atoms with Crippen LogP contribution in [0, 0.1) is 13.8 Å². The lowest BCUT2D eigenvalue weighted by Gasteiger charge is -2.42. The molecule has 0 N–H and O–H groups in total. The molecule has 1 aromatic rings. The summed E-state index contributed by atoms with van der Waals surface area (Å²) in [6.07, 6.45) is 1.33. The van der Waals surface area contributed by atoms with Crippen LogP contribution in [0.5, 0.6) is 0 Å². The highest BCUT2D eigenvalue weighted by molar-refractivity contribution is 9.10. The van der Waals surface area contributed by atoms with Crippen LogP contribution in [0.25, 0.3) is 0 Å². The van der Waals surface area contributed by atoms with Crippen LogP contribution in [0.2, 0.25) is 0 Å². The molecule has 0 amide bonds. The summed E-state index contributed by atoms with van der Waals surface area (Å²) in [5.74, 6) is 0. The van der Waals surface area contributed by atoms with Gasteiger partial charge in [0.15, 0.2) is 0 Å². The highest BCUT2D eigenvalue weighted by atomic mass is 79.9. The van der Waals surface area contributed by atoms with Gasteiger partial charge in [-0.1, -0.05) is 15.9 Å². The van der Waals surface area contributed by atoms with E-state index in [1.54, 1.807) is 0 Å². The van der Waals surface area contributed by atoms with Crippen LogP contribution in [-0.2, 0) is 0 Å². The fourth-order valence-electron chi connectivity index (χ4n) is 2.20. The van der Waals surface area contributed by atoms with E-state index >= 15 is 0 Å². The quantitative estimate of drug-likeness (QED) is 0.739. The Morgan fingerprint density at radius 1 is 1.29 bits per heavy atom. The van der Waals surface area contributed by atoms with E-state index in [0.717, 1.165) is 0 Å². The molecular weight excluding hydrogens is 238 g/mol. The van der Waals surface area contributed by atoms with Gasteiger partial charge in [-0.05, 0) is 50.5 Å². The zero-order valence-corrected chi connectivity index (χ0v) is 10.6. The Hall–Kier alpha value is -0.500. The number of hydrogen-bond acceptors (Lipinski definition) is 1. The lowest BCUT2D eigenvalue weighted by atomic mass is 9.99. The molecule has 14 heavy (non-hydrogen) atoms. The number of anilines is 1. The van der Waals surface area contributed by atoms with Crippen molar-refractivity contribution in [3.63, 3.8) is 0 Å². The van der Waals surface area contributed by atoms with Crippen molar-refractivity contribution in [2.24, 2.45) is 0 Å². The zero-order valence-electron chi connectivity index (χ0n) is 8.97. The van der Waals surface area contributed by atoms with Gasteiger partial charge in [-0.2, -0.15) is 0 Å². The van der Waals surface area contributed by atoms with E-state index in [4.69, 9.17) is 0 Å². The van der Waals surface area contributed by atoms with Crippen molar-refractivity contribution >= 4 is 21.6 Å². The number of benzene rings is 1. The van der Waals surface area contributed by atoms with Crippen LogP contribution in [0.15, 0.2) is 16.6 Å². The van der Waals surface area contributed by atoms with E-state index in [1.807, 2.05) is 0 Å². The Morgan fingerprint density at radius 2 is 1.86 bits per heavy atom. The molecule has 1 aliphatic rings. The molecule has 76 valence electrons. The van der Waals surface area contributed by atoms with Gasteiger partial charge in [0, 0.05) is 22.7 Å². The second-order valence-electron chi connectivity index (χ2n) is 4.22. The van der Waals surface area contributed by atoms with Crippen LogP contribution < -0.4 is 4.90 Å². The third-order valence-electron chi connectivity index (χ3n) is 3.06. The minimum absolute atomic E-state index is 0.716. The Morgan fingerprint density at radius 3 is 2.21 bits per heavy atom. The first-order chi connectivity index (χ1) is 6.59. The monoisotopic (exact) mass is 253 g/mol. The summed E-state index contributed by atoms with van der Waals surface area (Å²) in [7, 11) is 0. The van der Waals surface area contributed by atoms with Crippen molar-refractivity contribution < 1.29 is 0 Å². The first kappa shape index (κ1) is 10.0. The lowest BCUT2D eigenvalue weighted by molar-refractivity contribution is 0.479. The Kier molecular flexibility index (Phi) is 2.56. The van der Waals surface area contributed by atoms with Crippen molar-refractivity contribution in [2.75, 3.05) is 11.4 Å². The second-order valence-corrected chi connectivity index (χ2v) is 5.13. The van der Waals surface area contributed by atoms with Crippen LogP contribution in [0.3, 0.4) is 0 Å². The van der Waals surface area contributed by atoms with Crippen LogP contribution >= 0.6 is 15.9 Å². The maximum atomic E-state index is 3.53. The molecule has 0 bridgehead atoms. The van der Waals surface area contributed by atoms with E-state index in [9.17, 15) is 0 Å². The average molecular weight is 254 g/mol. The molecule has 1 unspecified atom stereocenters. The third kappa shape index (κ3) is 1.56. The summed E-state index contributed by atoms with van der Waals surface area (Å²) in [5, 5.41) is 0. The molecule has 1 atom stereocenters. The minimum Gasteiger partial charge on any atom is -0.368 e. The minimum atomic E-state index is 0.716. The third-order valence-corrected chi connectivity index (χ3v) is 3.52. The molecule has 0 spiro atoms.